The highest BCUT2D eigenvalue weighted by Gasteiger charge is 2.30. The molecule has 1 fully saturated rings. The standard InChI is InChI=1S/C14H16N2O3/c1-9-3-2-4-10(7-9)13-15-14(19-16-13)11-8-18-6-5-12(11)17/h2-4,7,11-12,17H,5-6,8H2,1H3. The van der Waals surface area contributed by atoms with E-state index in [1.54, 1.807) is 0 Å². The molecule has 2 heterocycles. The van der Waals surface area contributed by atoms with Crippen molar-refractivity contribution in [2.75, 3.05) is 13.2 Å². The lowest BCUT2D eigenvalue weighted by molar-refractivity contribution is -0.0149. The Bertz CT molecular complexity index is 567. The summed E-state index contributed by atoms with van der Waals surface area (Å²) in [6.45, 7) is 3.02. The zero-order chi connectivity index (χ0) is 13.2. The fourth-order valence-corrected chi connectivity index (χ4v) is 2.25. The van der Waals surface area contributed by atoms with Crippen LogP contribution in [0, 0.1) is 6.92 Å². The topological polar surface area (TPSA) is 68.4 Å². The van der Waals surface area contributed by atoms with E-state index in [0.29, 0.717) is 31.3 Å². The van der Waals surface area contributed by atoms with Gasteiger partial charge in [0, 0.05) is 12.2 Å². The number of hydrogen-bond donors (Lipinski definition) is 1. The number of hydrogen-bond acceptors (Lipinski definition) is 5. The van der Waals surface area contributed by atoms with Gasteiger partial charge in [0.1, 0.15) is 0 Å². The van der Waals surface area contributed by atoms with E-state index in [2.05, 4.69) is 10.1 Å². The first-order valence-corrected chi connectivity index (χ1v) is 6.40. The second-order valence-corrected chi connectivity index (χ2v) is 4.86. The Kier molecular flexibility index (Phi) is 3.31. The van der Waals surface area contributed by atoms with Crippen LogP contribution >= 0.6 is 0 Å². The molecule has 0 spiro atoms. The summed E-state index contributed by atoms with van der Waals surface area (Å²) in [5.41, 5.74) is 2.06. The van der Waals surface area contributed by atoms with Crippen LogP contribution in [0.1, 0.15) is 23.8 Å². The van der Waals surface area contributed by atoms with Crippen molar-refractivity contribution in [2.24, 2.45) is 0 Å². The molecule has 0 aliphatic carbocycles. The normalized spacial score (nSPS) is 23.5. The van der Waals surface area contributed by atoms with Crippen LogP contribution in [-0.2, 0) is 4.74 Å². The molecule has 3 rings (SSSR count). The summed E-state index contributed by atoms with van der Waals surface area (Å²) < 4.78 is 10.6. The van der Waals surface area contributed by atoms with Crippen molar-refractivity contribution in [3.05, 3.63) is 35.7 Å². The fourth-order valence-electron chi connectivity index (χ4n) is 2.25. The second-order valence-electron chi connectivity index (χ2n) is 4.86. The smallest absolute Gasteiger partial charge is 0.235 e. The van der Waals surface area contributed by atoms with Crippen LogP contribution in [-0.4, -0.2) is 34.6 Å². The number of aromatic nitrogens is 2. The zero-order valence-corrected chi connectivity index (χ0v) is 10.7. The van der Waals surface area contributed by atoms with Gasteiger partial charge < -0.3 is 14.4 Å². The van der Waals surface area contributed by atoms with Gasteiger partial charge in [-0.15, -0.1) is 0 Å². The molecule has 0 bridgehead atoms. The average Bonchev–Trinajstić information content (AvgIpc) is 2.89. The molecule has 1 N–H and O–H groups in total. The van der Waals surface area contributed by atoms with Gasteiger partial charge in [-0.2, -0.15) is 4.98 Å². The summed E-state index contributed by atoms with van der Waals surface area (Å²) in [7, 11) is 0. The van der Waals surface area contributed by atoms with Crippen molar-refractivity contribution >= 4 is 0 Å². The monoisotopic (exact) mass is 260 g/mol. The number of nitrogens with zero attached hydrogens (tertiary/aromatic N) is 2. The minimum absolute atomic E-state index is 0.222. The molecule has 0 amide bonds. The molecular weight excluding hydrogens is 244 g/mol. The Morgan fingerprint density at radius 3 is 3.05 bits per heavy atom. The van der Waals surface area contributed by atoms with E-state index in [1.165, 1.54) is 0 Å². The lowest BCUT2D eigenvalue weighted by Crippen LogP contribution is -2.30. The Morgan fingerprint density at radius 2 is 2.26 bits per heavy atom. The lowest BCUT2D eigenvalue weighted by Gasteiger charge is -2.24. The van der Waals surface area contributed by atoms with E-state index in [0.717, 1.165) is 11.1 Å². The Morgan fingerprint density at radius 1 is 1.37 bits per heavy atom. The molecule has 19 heavy (non-hydrogen) atoms. The summed E-state index contributed by atoms with van der Waals surface area (Å²) in [6, 6.07) is 7.92. The molecule has 5 nitrogen and oxygen atoms in total. The molecule has 1 aromatic heterocycles. The van der Waals surface area contributed by atoms with E-state index < -0.39 is 6.10 Å². The molecule has 2 atom stereocenters. The fraction of sp³-hybridized carbons (Fsp3) is 0.429. The van der Waals surface area contributed by atoms with E-state index in [-0.39, 0.29) is 5.92 Å². The molecule has 2 aromatic rings. The average molecular weight is 260 g/mol. The number of aryl methyl sites for hydroxylation is 1. The minimum atomic E-state index is -0.473. The Hall–Kier alpha value is -1.72. The highest BCUT2D eigenvalue weighted by atomic mass is 16.5. The summed E-state index contributed by atoms with van der Waals surface area (Å²) in [6.07, 6.45) is 0.131. The third-order valence-electron chi connectivity index (χ3n) is 3.36. The van der Waals surface area contributed by atoms with Gasteiger partial charge in [0.05, 0.1) is 18.6 Å². The van der Waals surface area contributed by atoms with E-state index >= 15 is 0 Å². The van der Waals surface area contributed by atoms with Gasteiger partial charge >= 0.3 is 0 Å². The number of aliphatic hydroxyl groups excluding tert-OH is 1. The van der Waals surface area contributed by atoms with Crippen LogP contribution < -0.4 is 0 Å². The van der Waals surface area contributed by atoms with E-state index in [1.807, 2.05) is 31.2 Å². The van der Waals surface area contributed by atoms with E-state index in [4.69, 9.17) is 9.26 Å². The summed E-state index contributed by atoms with van der Waals surface area (Å²) in [4.78, 5) is 4.38. The second kappa shape index (κ2) is 5.11. The SMILES string of the molecule is Cc1cccc(-c2noc(C3COCCC3O)n2)c1. The molecular formula is C14H16N2O3. The predicted octanol–water partition coefficient (Wildman–Crippen LogP) is 1.91. The Labute approximate surface area is 111 Å². The zero-order valence-electron chi connectivity index (χ0n) is 10.7. The van der Waals surface area contributed by atoms with Crippen LogP contribution in [0.4, 0.5) is 0 Å². The van der Waals surface area contributed by atoms with Gasteiger partial charge in [-0.05, 0) is 19.4 Å². The van der Waals surface area contributed by atoms with Gasteiger partial charge in [-0.25, -0.2) is 0 Å². The lowest BCUT2D eigenvalue weighted by atomic mass is 9.99. The highest BCUT2D eigenvalue weighted by Crippen LogP contribution is 2.26. The van der Waals surface area contributed by atoms with E-state index in [9.17, 15) is 5.11 Å². The predicted molar refractivity (Wildman–Crippen MR) is 68.7 cm³/mol. The molecule has 100 valence electrons. The van der Waals surface area contributed by atoms with Gasteiger partial charge in [-0.3, -0.25) is 0 Å². The Balaban J connectivity index is 1.86. The summed E-state index contributed by atoms with van der Waals surface area (Å²) in [5, 5.41) is 13.9. The van der Waals surface area contributed by atoms with Crippen molar-refractivity contribution in [3.8, 4) is 11.4 Å². The number of aliphatic hydroxyl groups is 1. The molecule has 1 aliphatic heterocycles. The first kappa shape index (κ1) is 12.3. The van der Waals surface area contributed by atoms with Crippen molar-refractivity contribution < 1.29 is 14.4 Å². The van der Waals surface area contributed by atoms with Crippen molar-refractivity contribution in [2.45, 2.75) is 25.4 Å². The van der Waals surface area contributed by atoms with Gasteiger partial charge in [-0.1, -0.05) is 28.9 Å². The quantitative estimate of drug-likeness (QED) is 0.893. The third-order valence-corrected chi connectivity index (χ3v) is 3.36. The molecule has 1 aliphatic rings. The van der Waals surface area contributed by atoms with Crippen molar-refractivity contribution in [1.29, 1.82) is 0 Å². The van der Waals surface area contributed by atoms with Crippen LogP contribution in [0.2, 0.25) is 0 Å². The van der Waals surface area contributed by atoms with Crippen LogP contribution in [0.15, 0.2) is 28.8 Å². The van der Waals surface area contributed by atoms with Gasteiger partial charge in [0.2, 0.25) is 11.7 Å². The van der Waals surface area contributed by atoms with Crippen molar-refractivity contribution in [1.82, 2.24) is 10.1 Å². The summed E-state index contributed by atoms with van der Waals surface area (Å²) >= 11 is 0. The molecule has 5 heteroatoms. The maximum absolute atomic E-state index is 9.94. The van der Waals surface area contributed by atoms with Gasteiger partial charge in [0.15, 0.2) is 0 Å². The third kappa shape index (κ3) is 2.52. The number of ether oxygens (including phenoxy) is 1. The van der Waals surface area contributed by atoms with Crippen LogP contribution in [0.25, 0.3) is 11.4 Å². The number of rotatable bonds is 2. The molecule has 2 unspecified atom stereocenters. The summed E-state index contributed by atoms with van der Waals surface area (Å²) in [5.74, 6) is 0.778. The minimum Gasteiger partial charge on any atom is -0.392 e. The van der Waals surface area contributed by atoms with Crippen molar-refractivity contribution in [3.63, 3.8) is 0 Å². The van der Waals surface area contributed by atoms with Crippen LogP contribution in [0.3, 0.4) is 0 Å². The molecule has 1 saturated heterocycles. The molecule has 0 radical (unpaired) electrons. The number of benzene rings is 1. The molecule has 0 saturated carbocycles. The molecule has 1 aromatic carbocycles. The van der Waals surface area contributed by atoms with Crippen LogP contribution in [0.5, 0.6) is 0 Å². The maximum atomic E-state index is 9.94. The van der Waals surface area contributed by atoms with Gasteiger partial charge in [0.25, 0.3) is 0 Å². The first-order chi connectivity index (χ1) is 9.24. The maximum Gasteiger partial charge on any atom is 0.235 e. The first-order valence-electron chi connectivity index (χ1n) is 6.40. The largest absolute Gasteiger partial charge is 0.392 e. The highest BCUT2D eigenvalue weighted by molar-refractivity contribution is 5.55.